The van der Waals surface area contributed by atoms with Crippen LogP contribution in [0.25, 0.3) is 0 Å². The third-order valence-electron chi connectivity index (χ3n) is 4.69. The molecule has 0 fully saturated rings. The van der Waals surface area contributed by atoms with Gasteiger partial charge in [0, 0.05) is 19.2 Å². The van der Waals surface area contributed by atoms with Crippen molar-refractivity contribution in [1.29, 1.82) is 0 Å². The summed E-state index contributed by atoms with van der Waals surface area (Å²) in [5.41, 5.74) is 4.99. The first-order valence-corrected chi connectivity index (χ1v) is 9.22. The number of carbonyl (C=O) groups is 2. The standard InChI is InChI=1S/C24H24N2O2/c1-17-13-14-20(18(2)15-17)16-26(3)24(28)21-11-7-8-12-22(21)25-23(27)19-9-5-4-6-10-19/h4-15H,16H2,1-3H3,(H,25,27). The molecule has 2 amide bonds. The largest absolute Gasteiger partial charge is 0.337 e. The maximum atomic E-state index is 13.0. The average molecular weight is 372 g/mol. The number of rotatable bonds is 5. The van der Waals surface area contributed by atoms with Gasteiger partial charge in [-0.2, -0.15) is 0 Å². The Morgan fingerprint density at radius 1 is 0.893 bits per heavy atom. The normalized spacial score (nSPS) is 10.4. The molecule has 0 aliphatic carbocycles. The second-order valence-electron chi connectivity index (χ2n) is 6.96. The highest BCUT2D eigenvalue weighted by Crippen LogP contribution is 2.20. The minimum Gasteiger partial charge on any atom is -0.337 e. The molecule has 0 saturated carbocycles. The lowest BCUT2D eigenvalue weighted by atomic mass is 10.0. The zero-order valence-corrected chi connectivity index (χ0v) is 16.4. The second-order valence-corrected chi connectivity index (χ2v) is 6.96. The van der Waals surface area contributed by atoms with E-state index in [0.29, 0.717) is 23.4 Å². The molecule has 0 aliphatic rings. The fraction of sp³-hybridized carbons (Fsp3) is 0.167. The summed E-state index contributed by atoms with van der Waals surface area (Å²) in [4.78, 5) is 27.2. The number of benzene rings is 3. The van der Waals surface area contributed by atoms with Crippen LogP contribution in [0.15, 0.2) is 72.8 Å². The molecular formula is C24H24N2O2. The van der Waals surface area contributed by atoms with E-state index in [0.717, 1.165) is 11.1 Å². The molecule has 1 N–H and O–H groups in total. The topological polar surface area (TPSA) is 49.4 Å². The van der Waals surface area contributed by atoms with Crippen LogP contribution < -0.4 is 5.32 Å². The Morgan fingerprint density at radius 3 is 2.29 bits per heavy atom. The van der Waals surface area contributed by atoms with Gasteiger partial charge in [-0.1, -0.05) is 54.1 Å². The third kappa shape index (κ3) is 4.46. The molecular weight excluding hydrogens is 348 g/mol. The summed E-state index contributed by atoms with van der Waals surface area (Å²) in [5.74, 6) is -0.373. The van der Waals surface area contributed by atoms with Crippen molar-refractivity contribution in [3.05, 3.63) is 101 Å². The summed E-state index contributed by atoms with van der Waals surface area (Å²) < 4.78 is 0. The van der Waals surface area contributed by atoms with Gasteiger partial charge in [0.05, 0.1) is 11.3 Å². The molecule has 3 aromatic carbocycles. The van der Waals surface area contributed by atoms with E-state index in [2.05, 4.69) is 37.4 Å². The Hall–Kier alpha value is -3.40. The van der Waals surface area contributed by atoms with Crippen LogP contribution in [0.3, 0.4) is 0 Å². The maximum Gasteiger partial charge on any atom is 0.256 e. The van der Waals surface area contributed by atoms with E-state index in [-0.39, 0.29) is 11.8 Å². The van der Waals surface area contributed by atoms with Crippen molar-refractivity contribution in [3.63, 3.8) is 0 Å². The summed E-state index contributed by atoms with van der Waals surface area (Å²) in [5, 5.41) is 2.86. The Bertz CT molecular complexity index is 996. The van der Waals surface area contributed by atoms with E-state index >= 15 is 0 Å². The Balaban J connectivity index is 1.79. The van der Waals surface area contributed by atoms with Gasteiger partial charge < -0.3 is 10.2 Å². The molecule has 4 heteroatoms. The molecule has 3 aromatic rings. The van der Waals surface area contributed by atoms with E-state index in [1.807, 2.05) is 24.3 Å². The van der Waals surface area contributed by atoms with Gasteiger partial charge in [-0.15, -0.1) is 0 Å². The van der Waals surface area contributed by atoms with Crippen LogP contribution in [-0.2, 0) is 6.54 Å². The summed E-state index contributed by atoms with van der Waals surface area (Å²) in [6.07, 6.45) is 0. The number of amides is 2. The van der Waals surface area contributed by atoms with Gasteiger partial charge in [-0.05, 0) is 49.2 Å². The molecule has 0 spiro atoms. The quantitative estimate of drug-likeness (QED) is 0.697. The first-order valence-electron chi connectivity index (χ1n) is 9.22. The summed E-state index contributed by atoms with van der Waals surface area (Å²) in [7, 11) is 1.78. The maximum absolute atomic E-state index is 13.0. The highest BCUT2D eigenvalue weighted by Gasteiger charge is 2.18. The van der Waals surface area contributed by atoms with Crippen molar-refractivity contribution in [2.45, 2.75) is 20.4 Å². The van der Waals surface area contributed by atoms with Crippen LogP contribution in [-0.4, -0.2) is 23.8 Å². The van der Waals surface area contributed by atoms with Crippen LogP contribution in [0.4, 0.5) is 5.69 Å². The zero-order chi connectivity index (χ0) is 20.1. The van der Waals surface area contributed by atoms with Crippen molar-refractivity contribution >= 4 is 17.5 Å². The number of nitrogens with one attached hydrogen (secondary N) is 1. The lowest BCUT2D eigenvalue weighted by molar-refractivity contribution is 0.0786. The minimum absolute atomic E-state index is 0.135. The van der Waals surface area contributed by atoms with Gasteiger partial charge in [-0.3, -0.25) is 9.59 Å². The number of hydrogen-bond donors (Lipinski definition) is 1. The number of anilines is 1. The van der Waals surface area contributed by atoms with E-state index in [4.69, 9.17) is 0 Å². The fourth-order valence-corrected chi connectivity index (χ4v) is 3.12. The van der Waals surface area contributed by atoms with E-state index in [9.17, 15) is 9.59 Å². The van der Waals surface area contributed by atoms with Crippen LogP contribution in [0.1, 0.15) is 37.4 Å². The van der Waals surface area contributed by atoms with Crippen molar-refractivity contribution in [3.8, 4) is 0 Å². The van der Waals surface area contributed by atoms with E-state index < -0.39 is 0 Å². The van der Waals surface area contributed by atoms with Crippen LogP contribution in [0, 0.1) is 13.8 Å². The third-order valence-corrected chi connectivity index (χ3v) is 4.69. The van der Waals surface area contributed by atoms with Crippen molar-refractivity contribution in [2.24, 2.45) is 0 Å². The average Bonchev–Trinajstić information content (AvgIpc) is 2.70. The predicted molar refractivity (Wildman–Crippen MR) is 113 cm³/mol. The monoisotopic (exact) mass is 372 g/mol. The molecule has 0 saturated heterocycles. The van der Waals surface area contributed by atoms with Gasteiger partial charge in [-0.25, -0.2) is 0 Å². The molecule has 0 aliphatic heterocycles. The van der Waals surface area contributed by atoms with E-state index in [1.165, 1.54) is 5.56 Å². The minimum atomic E-state index is -0.238. The summed E-state index contributed by atoms with van der Waals surface area (Å²) in [6, 6.07) is 22.3. The fourth-order valence-electron chi connectivity index (χ4n) is 3.12. The SMILES string of the molecule is Cc1ccc(CN(C)C(=O)c2ccccc2NC(=O)c2ccccc2)c(C)c1. The lowest BCUT2D eigenvalue weighted by Gasteiger charge is -2.20. The van der Waals surface area contributed by atoms with Gasteiger partial charge in [0.1, 0.15) is 0 Å². The van der Waals surface area contributed by atoms with Gasteiger partial charge in [0.15, 0.2) is 0 Å². The number of aryl methyl sites for hydroxylation is 2. The number of nitrogens with zero attached hydrogens (tertiary/aromatic N) is 1. The number of para-hydroxylation sites is 1. The molecule has 0 aromatic heterocycles. The summed E-state index contributed by atoms with van der Waals surface area (Å²) >= 11 is 0. The van der Waals surface area contributed by atoms with Gasteiger partial charge in [0.25, 0.3) is 11.8 Å². The van der Waals surface area contributed by atoms with Gasteiger partial charge >= 0.3 is 0 Å². The molecule has 0 unspecified atom stereocenters. The van der Waals surface area contributed by atoms with Crippen LogP contribution in [0.5, 0.6) is 0 Å². The van der Waals surface area contributed by atoms with Crippen molar-refractivity contribution in [1.82, 2.24) is 4.90 Å². The molecule has 4 nitrogen and oxygen atoms in total. The highest BCUT2D eigenvalue weighted by atomic mass is 16.2. The first kappa shape index (κ1) is 19.4. The highest BCUT2D eigenvalue weighted by molar-refractivity contribution is 6.08. The summed E-state index contributed by atoms with van der Waals surface area (Å²) in [6.45, 7) is 4.61. The van der Waals surface area contributed by atoms with Gasteiger partial charge in [0.2, 0.25) is 0 Å². The Kier molecular flexibility index (Phi) is 5.90. The predicted octanol–water partition coefficient (Wildman–Crippen LogP) is 4.83. The van der Waals surface area contributed by atoms with E-state index in [1.54, 1.807) is 42.3 Å². The van der Waals surface area contributed by atoms with Crippen molar-refractivity contribution in [2.75, 3.05) is 12.4 Å². The molecule has 28 heavy (non-hydrogen) atoms. The van der Waals surface area contributed by atoms with Crippen molar-refractivity contribution < 1.29 is 9.59 Å². The Morgan fingerprint density at radius 2 is 1.57 bits per heavy atom. The molecule has 3 rings (SSSR count). The molecule has 0 heterocycles. The number of hydrogen-bond acceptors (Lipinski definition) is 2. The molecule has 0 bridgehead atoms. The second kappa shape index (κ2) is 8.53. The van der Waals surface area contributed by atoms with Crippen LogP contribution >= 0.6 is 0 Å². The van der Waals surface area contributed by atoms with Crippen LogP contribution in [0.2, 0.25) is 0 Å². The molecule has 142 valence electrons. The molecule has 0 radical (unpaired) electrons. The molecule has 0 atom stereocenters. The number of carbonyl (C=O) groups excluding carboxylic acids is 2. The Labute approximate surface area is 165 Å². The lowest BCUT2D eigenvalue weighted by Crippen LogP contribution is -2.28. The zero-order valence-electron chi connectivity index (χ0n) is 16.4. The smallest absolute Gasteiger partial charge is 0.256 e. The first-order chi connectivity index (χ1) is 13.5.